The molecule has 1 aromatic carbocycles. The molecule has 1 amide bonds. The second-order valence-electron chi connectivity index (χ2n) is 5.10. The van der Waals surface area contributed by atoms with Crippen LogP contribution in [0.4, 0.5) is 4.79 Å². The largest absolute Gasteiger partial charge is 0.490 e. The maximum absolute atomic E-state index is 11.2. The fraction of sp³-hybridized carbons (Fsp3) is 0.500. The molecular formula is C14H17NO3. The highest BCUT2D eigenvalue weighted by atomic mass is 16.5. The first-order chi connectivity index (χ1) is 8.74. The Morgan fingerprint density at radius 3 is 2.33 bits per heavy atom. The number of fused-ring (bicyclic) bond motifs is 2. The van der Waals surface area contributed by atoms with Gasteiger partial charge in [0.15, 0.2) is 0 Å². The molecule has 2 aliphatic rings. The zero-order chi connectivity index (χ0) is 12.5. The molecule has 3 atom stereocenters. The number of hydrogen-bond donors (Lipinski definition) is 1. The van der Waals surface area contributed by atoms with E-state index < -0.39 is 6.09 Å². The van der Waals surface area contributed by atoms with Crippen LogP contribution in [-0.2, 0) is 0 Å². The van der Waals surface area contributed by atoms with Crippen LogP contribution in [0.15, 0.2) is 30.3 Å². The molecule has 1 unspecified atom stereocenters. The summed E-state index contributed by atoms with van der Waals surface area (Å²) in [5.74, 6) is 0.880. The molecule has 4 heteroatoms. The van der Waals surface area contributed by atoms with Gasteiger partial charge in [-0.05, 0) is 25.0 Å². The van der Waals surface area contributed by atoms with Gasteiger partial charge in [-0.1, -0.05) is 18.2 Å². The highest BCUT2D eigenvalue weighted by Crippen LogP contribution is 2.37. The summed E-state index contributed by atoms with van der Waals surface area (Å²) in [5, 5.41) is 9.18. The summed E-state index contributed by atoms with van der Waals surface area (Å²) in [5.41, 5.74) is 0. The molecule has 1 aromatic rings. The molecule has 0 aliphatic carbocycles. The van der Waals surface area contributed by atoms with Crippen molar-refractivity contribution in [2.24, 2.45) is 0 Å². The summed E-state index contributed by atoms with van der Waals surface area (Å²) in [6.07, 6.45) is 2.97. The number of rotatable bonds is 2. The van der Waals surface area contributed by atoms with E-state index in [4.69, 9.17) is 4.74 Å². The van der Waals surface area contributed by atoms with Crippen LogP contribution in [0.3, 0.4) is 0 Å². The fourth-order valence-electron chi connectivity index (χ4n) is 3.23. The van der Waals surface area contributed by atoms with E-state index >= 15 is 0 Å². The van der Waals surface area contributed by atoms with Crippen molar-refractivity contribution >= 4 is 6.09 Å². The van der Waals surface area contributed by atoms with E-state index in [1.165, 1.54) is 0 Å². The molecule has 0 spiro atoms. The Bertz CT molecular complexity index is 420. The summed E-state index contributed by atoms with van der Waals surface area (Å²) in [7, 11) is 0. The smallest absolute Gasteiger partial charge is 0.407 e. The molecule has 18 heavy (non-hydrogen) atoms. The van der Waals surface area contributed by atoms with E-state index in [0.29, 0.717) is 0 Å². The van der Waals surface area contributed by atoms with Crippen LogP contribution in [0.2, 0.25) is 0 Å². The van der Waals surface area contributed by atoms with Gasteiger partial charge in [0.25, 0.3) is 0 Å². The van der Waals surface area contributed by atoms with Gasteiger partial charge >= 0.3 is 6.09 Å². The monoisotopic (exact) mass is 247 g/mol. The Labute approximate surface area is 106 Å². The van der Waals surface area contributed by atoms with Gasteiger partial charge in [0.05, 0.1) is 0 Å². The van der Waals surface area contributed by atoms with Gasteiger partial charge < -0.3 is 14.7 Å². The van der Waals surface area contributed by atoms with E-state index in [1.54, 1.807) is 4.90 Å². The number of amides is 1. The van der Waals surface area contributed by atoms with Crippen LogP contribution < -0.4 is 4.74 Å². The van der Waals surface area contributed by atoms with Crippen molar-refractivity contribution in [1.82, 2.24) is 4.90 Å². The summed E-state index contributed by atoms with van der Waals surface area (Å²) in [6.45, 7) is 0. The zero-order valence-electron chi connectivity index (χ0n) is 10.2. The Hall–Kier alpha value is -1.71. The van der Waals surface area contributed by atoms with Gasteiger partial charge in [-0.2, -0.15) is 0 Å². The minimum absolute atomic E-state index is 0.148. The molecule has 2 fully saturated rings. The molecule has 2 heterocycles. The van der Waals surface area contributed by atoms with Gasteiger partial charge in [-0.25, -0.2) is 4.79 Å². The summed E-state index contributed by atoms with van der Waals surface area (Å²) < 4.78 is 5.94. The Kier molecular flexibility index (Phi) is 2.86. The van der Waals surface area contributed by atoms with Crippen LogP contribution in [0.5, 0.6) is 5.75 Å². The van der Waals surface area contributed by atoms with Crippen molar-refractivity contribution in [3.8, 4) is 5.75 Å². The Morgan fingerprint density at radius 1 is 1.17 bits per heavy atom. The highest BCUT2D eigenvalue weighted by Gasteiger charge is 2.44. The topological polar surface area (TPSA) is 49.8 Å². The van der Waals surface area contributed by atoms with Crippen LogP contribution in [-0.4, -0.2) is 34.3 Å². The number of carboxylic acid groups (broad SMARTS) is 1. The van der Waals surface area contributed by atoms with E-state index in [-0.39, 0.29) is 18.2 Å². The molecule has 0 saturated carbocycles. The summed E-state index contributed by atoms with van der Waals surface area (Å²) >= 11 is 0. The second kappa shape index (κ2) is 4.52. The SMILES string of the molecule is O=C(O)N1[C@@H]2CC[C@H]1CC(Oc1ccccc1)C2. The number of hydrogen-bond acceptors (Lipinski definition) is 2. The van der Waals surface area contributed by atoms with Crippen LogP contribution in [0.25, 0.3) is 0 Å². The zero-order valence-corrected chi connectivity index (χ0v) is 10.2. The lowest BCUT2D eigenvalue weighted by atomic mass is 10.0. The average molecular weight is 247 g/mol. The van der Waals surface area contributed by atoms with Gasteiger partial charge in [-0.15, -0.1) is 0 Å². The Balaban J connectivity index is 1.67. The third-order valence-electron chi connectivity index (χ3n) is 3.96. The van der Waals surface area contributed by atoms with Gasteiger partial charge in [-0.3, -0.25) is 0 Å². The normalized spacial score (nSPS) is 30.2. The predicted molar refractivity (Wildman–Crippen MR) is 66.8 cm³/mol. The summed E-state index contributed by atoms with van der Waals surface area (Å²) in [4.78, 5) is 12.8. The van der Waals surface area contributed by atoms with E-state index in [0.717, 1.165) is 31.4 Å². The molecule has 1 N–H and O–H groups in total. The molecule has 2 aliphatic heterocycles. The number of piperidine rings is 1. The third-order valence-corrected chi connectivity index (χ3v) is 3.96. The minimum atomic E-state index is -0.777. The lowest BCUT2D eigenvalue weighted by molar-refractivity contribution is 0.0496. The molecule has 0 aromatic heterocycles. The number of nitrogens with zero attached hydrogens (tertiary/aromatic N) is 1. The van der Waals surface area contributed by atoms with E-state index in [1.807, 2.05) is 30.3 Å². The highest BCUT2D eigenvalue weighted by molar-refractivity contribution is 5.66. The quantitative estimate of drug-likeness (QED) is 0.874. The van der Waals surface area contributed by atoms with Gasteiger partial charge in [0.2, 0.25) is 0 Å². The number of para-hydroxylation sites is 1. The van der Waals surface area contributed by atoms with E-state index in [2.05, 4.69) is 0 Å². The Morgan fingerprint density at radius 2 is 1.78 bits per heavy atom. The van der Waals surface area contributed by atoms with Crippen LogP contribution in [0.1, 0.15) is 25.7 Å². The van der Waals surface area contributed by atoms with E-state index in [9.17, 15) is 9.90 Å². The number of carbonyl (C=O) groups is 1. The number of benzene rings is 1. The molecule has 3 rings (SSSR count). The van der Waals surface area contributed by atoms with Crippen molar-refractivity contribution in [3.63, 3.8) is 0 Å². The molecule has 4 nitrogen and oxygen atoms in total. The number of ether oxygens (including phenoxy) is 1. The first kappa shape index (κ1) is 11.4. The maximum atomic E-state index is 11.2. The summed E-state index contributed by atoms with van der Waals surface area (Å²) in [6, 6.07) is 10.1. The molecule has 2 saturated heterocycles. The fourth-order valence-corrected chi connectivity index (χ4v) is 3.23. The molecular weight excluding hydrogens is 230 g/mol. The molecule has 96 valence electrons. The predicted octanol–water partition coefficient (Wildman–Crippen LogP) is 2.74. The third kappa shape index (κ3) is 2.03. The lowest BCUT2D eigenvalue weighted by Gasteiger charge is -2.37. The van der Waals surface area contributed by atoms with Crippen LogP contribution in [0, 0.1) is 0 Å². The molecule has 2 bridgehead atoms. The van der Waals surface area contributed by atoms with Gasteiger partial charge in [0.1, 0.15) is 11.9 Å². The van der Waals surface area contributed by atoms with Crippen LogP contribution >= 0.6 is 0 Å². The first-order valence-electron chi connectivity index (χ1n) is 6.47. The van der Waals surface area contributed by atoms with Gasteiger partial charge in [0, 0.05) is 24.9 Å². The average Bonchev–Trinajstić information content (AvgIpc) is 2.63. The molecule has 0 radical (unpaired) electrons. The van der Waals surface area contributed by atoms with Crippen molar-refractivity contribution < 1.29 is 14.6 Å². The standard InChI is InChI=1S/C14H17NO3/c16-14(17)15-10-6-7-11(15)9-13(8-10)18-12-4-2-1-3-5-12/h1-5,10-11,13H,6-9H2,(H,16,17)/t10-,11+,13?. The van der Waals surface area contributed by atoms with Crippen molar-refractivity contribution in [2.45, 2.75) is 43.9 Å². The minimum Gasteiger partial charge on any atom is -0.490 e. The van der Waals surface area contributed by atoms with Crippen molar-refractivity contribution in [1.29, 1.82) is 0 Å². The maximum Gasteiger partial charge on any atom is 0.407 e. The van der Waals surface area contributed by atoms with Crippen molar-refractivity contribution in [2.75, 3.05) is 0 Å². The lowest BCUT2D eigenvalue weighted by Crippen LogP contribution is -2.48. The second-order valence-corrected chi connectivity index (χ2v) is 5.10. The van der Waals surface area contributed by atoms with Crippen molar-refractivity contribution in [3.05, 3.63) is 30.3 Å². The first-order valence-corrected chi connectivity index (χ1v) is 6.47.